The monoisotopic (exact) mass is 200 g/mol. The first kappa shape index (κ1) is 10.8. The van der Waals surface area contributed by atoms with Crippen molar-refractivity contribution in [2.24, 2.45) is 5.92 Å². The largest absolute Gasteiger partial charge is 0.363 e. The number of rotatable bonds is 4. The van der Waals surface area contributed by atoms with Gasteiger partial charge in [0.1, 0.15) is 0 Å². The Morgan fingerprint density at radius 1 is 1.54 bits per heavy atom. The zero-order valence-corrected chi connectivity index (χ0v) is 9.66. The Morgan fingerprint density at radius 3 is 2.54 bits per heavy atom. The number of nitrogens with zero attached hydrogens (tertiary/aromatic N) is 1. The van der Waals surface area contributed by atoms with E-state index in [1.54, 1.807) is 0 Å². The van der Waals surface area contributed by atoms with Gasteiger partial charge in [-0.1, -0.05) is 13.8 Å². The van der Waals surface area contributed by atoms with E-state index in [2.05, 4.69) is 31.0 Å². The molecule has 2 nitrogen and oxygen atoms in total. The van der Waals surface area contributed by atoms with Crippen molar-refractivity contribution >= 4 is 17.3 Å². The molecular weight excluding hydrogens is 180 g/mol. The number of hydrogen-bond acceptors (Lipinski definition) is 1. The Kier molecular flexibility index (Phi) is 3.97. The summed E-state index contributed by atoms with van der Waals surface area (Å²) in [5.74, 6) is 0.692. The van der Waals surface area contributed by atoms with Gasteiger partial charge in [0.2, 0.25) is 0 Å². The summed E-state index contributed by atoms with van der Waals surface area (Å²) in [5, 5.41) is 4.17. The van der Waals surface area contributed by atoms with Crippen LogP contribution in [0.5, 0.6) is 0 Å². The Bertz CT molecular complexity index is 176. The van der Waals surface area contributed by atoms with E-state index in [-0.39, 0.29) is 0 Å². The third-order valence-corrected chi connectivity index (χ3v) is 2.52. The van der Waals surface area contributed by atoms with Crippen molar-refractivity contribution in [1.82, 2.24) is 10.2 Å². The lowest BCUT2D eigenvalue weighted by Gasteiger charge is -2.27. The SMILES string of the molecule is CCNC(=S)N(CC(C)C)C1CC1. The summed E-state index contributed by atoms with van der Waals surface area (Å²) in [4.78, 5) is 2.35. The highest BCUT2D eigenvalue weighted by molar-refractivity contribution is 7.80. The van der Waals surface area contributed by atoms with Crippen LogP contribution in [-0.2, 0) is 0 Å². The zero-order valence-electron chi connectivity index (χ0n) is 8.84. The van der Waals surface area contributed by atoms with Gasteiger partial charge in [-0.05, 0) is 37.9 Å². The number of hydrogen-bond donors (Lipinski definition) is 1. The Labute approximate surface area is 86.7 Å². The van der Waals surface area contributed by atoms with E-state index in [0.29, 0.717) is 5.92 Å². The topological polar surface area (TPSA) is 15.3 Å². The van der Waals surface area contributed by atoms with E-state index >= 15 is 0 Å². The fraction of sp³-hybridized carbons (Fsp3) is 0.900. The van der Waals surface area contributed by atoms with Gasteiger partial charge >= 0.3 is 0 Å². The highest BCUT2D eigenvalue weighted by Gasteiger charge is 2.30. The maximum absolute atomic E-state index is 5.32. The van der Waals surface area contributed by atoms with Gasteiger partial charge in [0.25, 0.3) is 0 Å². The second-order valence-corrected chi connectivity index (χ2v) is 4.50. The fourth-order valence-corrected chi connectivity index (χ4v) is 1.80. The molecule has 0 aromatic carbocycles. The highest BCUT2D eigenvalue weighted by atomic mass is 32.1. The van der Waals surface area contributed by atoms with Crippen LogP contribution in [0.4, 0.5) is 0 Å². The van der Waals surface area contributed by atoms with Crippen LogP contribution in [0, 0.1) is 5.92 Å². The summed E-state index contributed by atoms with van der Waals surface area (Å²) in [6, 6.07) is 0.731. The molecule has 0 unspecified atom stereocenters. The molecule has 76 valence electrons. The molecule has 1 aliphatic rings. The molecule has 1 aliphatic carbocycles. The molecule has 13 heavy (non-hydrogen) atoms. The molecule has 0 aliphatic heterocycles. The predicted octanol–water partition coefficient (Wildman–Crippen LogP) is 2.00. The van der Waals surface area contributed by atoms with E-state index in [4.69, 9.17) is 12.2 Å². The molecule has 0 spiro atoms. The summed E-state index contributed by atoms with van der Waals surface area (Å²) in [5.41, 5.74) is 0. The maximum atomic E-state index is 5.32. The van der Waals surface area contributed by atoms with Crippen LogP contribution in [0.3, 0.4) is 0 Å². The third kappa shape index (κ3) is 3.51. The lowest BCUT2D eigenvalue weighted by Crippen LogP contribution is -2.42. The van der Waals surface area contributed by atoms with Crippen molar-refractivity contribution in [2.45, 2.75) is 39.7 Å². The minimum atomic E-state index is 0.692. The fourth-order valence-electron chi connectivity index (χ4n) is 1.43. The van der Waals surface area contributed by atoms with Crippen LogP contribution in [-0.4, -0.2) is 29.1 Å². The van der Waals surface area contributed by atoms with E-state index in [1.807, 2.05) is 0 Å². The quantitative estimate of drug-likeness (QED) is 0.699. The van der Waals surface area contributed by atoms with Gasteiger partial charge in [-0.2, -0.15) is 0 Å². The molecule has 0 atom stereocenters. The lowest BCUT2D eigenvalue weighted by molar-refractivity contribution is 0.353. The molecule has 0 saturated heterocycles. The second kappa shape index (κ2) is 4.80. The first-order valence-corrected chi connectivity index (χ1v) is 5.60. The molecule has 1 fully saturated rings. The van der Waals surface area contributed by atoms with Crippen LogP contribution in [0.25, 0.3) is 0 Å². The van der Waals surface area contributed by atoms with Gasteiger partial charge < -0.3 is 10.2 Å². The van der Waals surface area contributed by atoms with Crippen molar-refractivity contribution in [2.75, 3.05) is 13.1 Å². The van der Waals surface area contributed by atoms with Gasteiger partial charge in [0, 0.05) is 19.1 Å². The molecule has 0 bridgehead atoms. The minimum Gasteiger partial charge on any atom is -0.363 e. The van der Waals surface area contributed by atoms with Crippen LogP contribution < -0.4 is 5.32 Å². The summed E-state index contributed by atoms with van der Waals surface area (Å²) in [7, 11) is 0. The van der Waals surface area contributed by atoms with Crippen molar-refractivity contribution in [3.63, 3.8) is 0 Å². The molecular formula is C10H20N2S. The third-order valence-electron chi connectivity index (χ3n) is 2.14. The Morgan fingerprint density at radius 2 is 2.15 bits per heavy atom. The van der Waals surface area contributed by atoms with Gasteiger partial charge in [-0.25, -0.2) is 0 Å². The first-order chi connectivity index (χ1) is 6.15. The summed E-state index contributed by atoms with van der Waals surface area (Å²) in [6.07, 6.45) is 2.64. The molecule has 1 saturated carbocycles. The molecule has 0 heterocycles. The number of thiocarbonyl (C=S) groups is 1. The standard InChI is InChI=1S/C10H20N2S/c1-4-11-10(13)12(7-8(2)3)9-5-6-9/h8-9H,4-7H2,1-3H3,(H,11,13). The van der Waals surface area contributed by atoms with E-state index in [0.717, 1.165) is 24.2 Å². The van der Waals surface area contributed by atoms with Gasteiger partial charge in [0.15, 0.2) is 5.11 Å². The molecule has 0 aromatic heterocycles. The molecule has 3 heteroatoms. The summed E-state index contributed by atoms with van der Waals surface area (Å²) in [6.45, 7) is 8.59. The molecule has 1 N–H and O–H groups in total. The average molecular weight is 200 g/mol. The van der Waals surface area contributed by atoms with E-state index < -0.39 is 0 Å². The van der Waals surface area contributed by atoms with Crippen LogP contribution in [0.2, 0.25) is 0 Å². The average Bonchev–Trinajstić information content (AvgIpc) is 2.82. The van der Waals surface area contributed by atoms with Crippen LogP contribution in [0.1, 0.15) is 33.6 Å². The summed E-state index contributed by atoms with van der Waals surface area (Å²) < 4.78 is 0. The van der Waals surface area contributed by atoms with E-state index in [1.165, 1.54) is 12.8 Å². The normalized spacial score (nSPS) is 16.0. The Balaban J connectivity index is 2.41. The van der Waals surface area contributed by atoms with Gasteiger partial charge in [-0.15, -0.1) is 0 Å². The second-order valence-electron chi connectivity index (χ2n) is 4.11. The van der Waals surface area contributed by atoms with Gasteiger partial charge in [-0.3, -0.25) is 0 Å². The minimum absolute atomic E-state index is 0.692. The zero-order chi connectivity index (χ0) is 9.84. The van der Waals surface area contributed by atoms with Crippen molar-refractivity contribution < 1.29 is 0 Å². The highest BCUT2D eigenvalue weighted by Crippen LogP contribution is 2.27. The maximum Gasteiger partial charge on any atom is 0.169 e. The molecule has 0 amide bonds. The predicted molar refractivity (Wildman–Crippen MR) is 60.8 cm³/mol. The molecule has 1 rings (SSSR count). The van der Waals surface area contributed by atoms with Crippen molar-refractivity contribution in [3.8, 4) is 0 Å². The Hall–Kier alpha value is -0.310. The van der Waals surface area contributed by atoms with Crippen molar-refractivity contribution in [1.29, 1.82) is 0 Å². The molecule has 0 radical (unpaired) electrons. The lowest BCUT2D eigenvalue weighted by atomic mass is 10.2. The van der Waals surface area contributed by atoms with E-state index in [9.17, 15) is 0 Å². The van der Waals surface area contributed by atoms with Crippen molar-refractivity contribution in [3.05, 3.63) is 0 Å². The smallest absolute Gasteiger partial charge is 0.169 e. The summed E-state index contributed by atoms with van der Waals surface area (Å²) >= 11 is 5.32. The van der Waals surface area contributed by atoms with Crippen LogP contribution in [0.15, 0.2) is 0 Å². The first-order valence-electron chi connectivity index (χ1n) is 5.19. The number of nitrogens with one attached hydrogen (secondary N) is 1. The molecule has 0 aromatic rings. The van der Waals surface area contributed by atoms with Crippen LogP contribution >= 0.6 is 12.2 Å². The van der Waals surface area contributed by atoms with Gasteiger partial charge in [0.05, 0.1) is 0 Å².